The molecule has 0 aromatic carbocycles. The molecule has 7 nitrogen and oxygen atoms in total. The number of carbonyl (C=O) groups is 3. The Labute approximate surface area is 144 Å². The van der Waals surface area contributed by atoms with E-state index in [1.165, 1.54) is 23.1 Å². The Bertz CT molecular complexity index is 733. The van der Waals surface area contributed by atoms with Gasteiger partial charge in [0, 0.05) is 11.1 Å². The molecule has 2 amide bonds. The van der Waals surface area contributed by atoms with E-state index in [-0.39, 0.29) is 23.1 Å². The fourth-order valence-electron chi connectivity index (χ4n) is 2.46. The van der Waals surface area contributed by atoms with Crippen molar-refractivity contribution in [3.63, 3.8) is 0 Å². The maximum absolute atomic E-state index is 12.2. The lowest BCUT2D eigenvalue weighted by Crippen LogP contribution is -2.70. The number of carbonyl (C=O) groups excluding carboxylic acids is 2. The Hall–Kier alpha value is -1.58. The van der Waals surface area contributed by atoms with E-state index in [1.807, 2.05) is 6.92 Å². The molecule has 3 heterocycles. The third-order valence-electron chi connectivity index (χ3n) is 3.45. The van der Waals surface area contributed by atoms with Gasteiger partial charge in [0.15, 0.2) is 0 Å². The number of hydrogen-bond acceptors (Lipinski definition) is 6. The van der Waals surface area contributed by atoms with Gasteiger partial charge in [-0.15, -0.1) is 23.1 Å². The van der Waals surface area contributed by atoms with Crippen molar-refractivity contribution in [2.75, 3.05) is 5.75 Å². The normalized spacial score (nSPS) is 23.4. The molecule has 2 N–H and O–H groups in total. The van der Waals surface area contributed by atoms with E-state index in [2.05, 4.69) is 10.3 Å². The first-order valence-electron chi connectivity index (χ1n) is 6.65. The Kier molecular flexibility index (Phi) is 4.35. The fraction of sp³-hybridized carbons (Fsp3) is 0.385. The smallest absolute Gasteiger partial charge is 0.353 e. The van der Waals surface area contributed by atoms with Gasteiger partial charge < -0.3 is 10.4 Å². The lowest BCUT2D eigenvalue weighted by molar-refractivity contribution is -0.150. The fourth-order valence-corrected chi connectivity index (χ4v) is 4.62. The van der Waals surface area contributed by atoms with Crippen LogP contribution in [-0.4, -0.2) is 49.9 Å². The SMILES string of the molecule is Cc1nc(CC(=O)N[C@@H]2C(=O)N3C(C(=O)O)=C(Cl)CS[C@@H]23)cs1. The quantitative estimate of drug-likeness (QED) is 0.761. The Morgan fingerprint density at radius 1 is 1.57 bits per heavy atom. The highest BCUT2D eigenvalue weighted by Gasteiger charge is 2.54. The molecule has 1 aromatic rings. The van der Waals surface area contributed by atoms with Gasteiger partial charge in [0.1, 0.15) is 17.1 Å². The minimum Gasteiger partial charge on any atom is -0.477 e. The zero-order valence-corrected chi connectivity index (χ0v) is 14.3. The molecule has 2 atom stereocenters. The maximum Gasteiger partial charge on any atom is 0.353 e. The van der Waals surface area contributed by atoms with E-state index in [0.717, 1.165) is 9.91 Å². The zero-order chi connectivity index (χ0) is 16.7. The molecule has 0 aliphatic carbocycles. The summed E-state index contributed by atoms with van der Waals surface area (Å²) in [5.74, 6) is -1.71. The van der Waals surface area contributed by atoms with E-state index in [4.69, 9.17) is 11.6 Å². The number of amides is 2. The number of aliphatic carboxylic acids is 1. The number of β-lactam (4-membered cyclic amide) rings is 1. The van der Waals surface area contributed by atoms with Gasteiger partial charge in [0.2, 0.25) is 5.91 Å². The lowest BCUT2D eigenvalue weighted by Gasteiger charge is -2.48. The Balaban J connectivity index is 1.66. The van der Waals surface area contributed by atoms with Gasteiger partial charge in [-0.3, -0.25) is 14.5 Å². The number of carboxylic acids is 1. The van der Waals surface area contributed by atoms with Crippen LogP contribution in [-0.2, 0) is 20.8 Å². The van der Waals surface area contributed by atoms with E-state index >= 15 is 0 Å². The summed E-state index contributed by atoms with van der Waals surface area (Å²) in [4.78, 5) is 40.8. The first-order valence-corrected chi connectivity index (χ1v) is 8.96. The molecule has 1 fully saturated rings. The van der Waals surface area contributed by atoms with Gasteiger partial charge in [-0.1, -0.05) is 11.6 Å². The molecule has 3 rings (SSSR count). The molecular weight excluding hydrogens is 362 g/mol. The molecule has 1 saturated heterocycles. The molecule has 2 aliphatic rings. The summed E-state index contributed by atoms with van der Waals surface area (Å²) in [5.41, 5.74) is 0.458. The number of hydrogen-bond donors (Lipinski definition) is 2. The molecule has 23 heavy (non-hydrogen) atoms. The van der Waals surface area contributed by atoms with Crippen LogP contribution in [0.2, 0.25) is 0 Å². The highest BCUT2D eigenvalue weighted by atomic mass is 35.5. The van der Waals surface area contributed by atoms with Crippen LogP contribution in [0.3, 0.4) is 0 Å². The number of fused-ring (bicyclic) bond motifs is 1. The number of thioether (sulfide) groups is 1. The number of thiazole rings is 1. The molecule has 0 radical (unpaired) electrons. The number of aryl methyl sites for hydroxylation is 1. The van der Waals surface area contributed by atoms with Crippen molar-refractivity contribution < 1.29 is 19.5 Å². The summed E-state index contributed by atoms with van der Waals surface area (Å²) in [6.45, 7) is 1.85. The van der Waals surface area contributed by atoms with Gasteiger partial charge in [-0.05, 0) is 6.92 Å². The summed E-state index contributed by atoms with van der Waals surface area (Å²) in [7, 11) is 0. The Morgan fingerprint density at radius 3 is 2.91 bits per heavy atom. The lowest BCUT2D eigenvalue weighted by atomic mass is 10.0. The van der Waals surface area contributed by atoms with Crippen molar-refractivity contribution in [2.24, 2.45) is 0 Å². The average Bonchev–Trinajstić information content (AvgIpc) is 2.89. The number of nitrogens with zero attached hydrogens (tertiary/aromatic N) is 2. The number of aromatic nitrogens is 1. The third kappa shape index (κ3) is 2.96. The standard InChI is InChI=1S/C13H12ClN3O4S2/c1-5-15-6(3-22-5)2-8(18)16-9-11(19)17-10(13(20)21)7(14)4-23-12(9)17/h3,9,12H,2,4H2,1H3,(H,16,18)(H,20,21)/t9-,12+/m1/s1. The first-order chi connectivity index (χ1) is 10.9. The van der Waals surface area contributed by atoms with E-state index in [9.17, 15) is 19.5 Å². The summed E-state index contributed by atoms with van der Waals surface area (Å²) in [6.07, 6.45) is 0.0912. The summed E-state index contributed by atoms with van der Waals surface area (Å²) in [5, 5.41) is 14.2. The van der Waals surface area contributed by atoms with E-state index in [1.54, 1.807) is 5.38 Å². The van der Waals surface area contributed by atoms with Crippen molar-refractivity contribution in [3.8, 4) is 0 Å². The van der Waals surface area contributed by atoms with Crippen molar-refractivity contribution >= 4 is 52.5 Å². The second-order valence-corrected chi connectivity index (χ2v) is 7.67. The summed E-state index contributed by atoms with van der Waals surface area (Å²) < 4.78 is 0. The second-order valence-electron chi connectivity index (χ2n) is 5.05. The van der Waals surface area contributed by atoms with Crippen molar-refractivity contribution in [1.82, 2.24) is 15.2 Å². The maximum atomic E-state index is 12.2. The van der Waals surface area contributed by atoms with Gasteiger partial charge in [-0.25, -0.2) is 9.78 Å². The first kappa shape index (κ1) is 16.3. The van der Waals surface area contributed by atoms with Crippen LogP contribution in [0.4, 0.5) is 0 Å². The zero-order valence-electron chi connectivity index (χ0n) is 11.9. The minimum atomic E-state index is -1.24. The second kappa shape index (κ2) is 6.14. The molecule has 2 aliphatic heterocycles. The molecule has 122 valence electrons. The minimum absolute atomic E-state index is 0.0912. The number of nitrogens with one attached hydrogen (secondary N) is 1. The molecule has 10 heteroatoms. The predicted molar refractivity (Wildman–Crippen MR) is 86.1 cm³/mol. The number of halogens is 1. The molecule has 0 saturated carbocycles. The van der Waals surface area contributed by atoms with Crippen molar-refractivity contribution in [2.45, 2.75) is 24.8 Å². The summed E-state index contributed by atoms with van der Waals surface area (Å²) >= 11 is 8.67. The third-order valence-corrected chi connectivity index (χ3v) is 6.02. The van der Waals surface area contributed by atoms with Gasteiger partial charge >= 0.3 is 5.97 Å². The number of rotatable bonds is 4. The average molecular weight is 374 g/mol. The predicted octanol–water partition coefficient (Wildman–Crippen LogP) is 0.929. The van der Waals surface area contributed by atoms with Gasteiger partial charge in [-0.2, -0.15) is 0 Å². The monoisotopic (exact) mass is 373 g/mol. The van der Waals surface area contributed by atoms with Crippen LogP contribution in [0, 0.1) is 6.92 Å². The van der Waals surface area contributed by atoms with Crippen LogP contribution >= 0.6 is 34.7 Å². The molecular formula is C13H12ClN3O4S2. The van der Waals surface area contributed by atoms with Crippen molar-refractivity contribution in [1.29, 1.82) is 0 Å². The molecule has 0 unspecified atom stereocenters. The molecule has 0 spiro atoms. The van der Waals surface area contributed by atoms with Crippen LogP contribution in [0.25, 0.3) is 0 Å². The molecule has 1 aromatic heterocycles. The van der Waals surface area contributed by atoms with Crippen molar-refractivity contribution in [3.05, 3.63) is 26.8 Å². The highest BCUT2D eigenvalue weighted by Crippen LogP contribution is 2.41. The van der Waals surface area contributed by atoms with E-state index < -0.39 is 23.3 Å². The molecule has 0 bridgehead atoms. The van der Waals surface area contributed by atoms with Gasteiger partial charge in [0.25, 0.3) is 5.91 Å². The number of carboxylic acid groups (broad SMARTS) is 1. The van der Waals surface area contributed by atoms with Crippen LogP contribution in [0.1, 0.15) is 10.7 Å². The summed E-state index contributed by atoms with van der Waals surface area (Å²) in [6, 6.07) is -0.730. The van der Waals surface area contributed by atoms with Gasteiger partial charge in [0.05, 0.1) is 22.2 Å². The van der Waals surface area contributed by atoms with E-state index in [0.29, 0.717) is 11.4 Å². The van der Waals surface area contributed by atoms with Crippen LogP contribution in [0.5, 0.6) is 0 Å². The van der Waals surface area contributed by atoms with Crippen LogP contribution < -0.4 is 5.32 Å². The largest absolute Gasteiger partial charge is 0.477 e. The van der Waals surface area contributed by atoms with Crippen LogP contribution in [0.15, 0.2) is 16.1 Å². The highest BCUT2D eigenvalue weighted by molar-refractivity contribution is 8.00. The Morgan fingerprint density at radius 2 is 2.30 bits per heavy atom. The topological polar surface area (TPSA) is 99.6 Å².